The fraction of sp³-hybridized carbons (Fsp3) is 0.395. The molecule has 0 aromatic heterocycles. The molecule has 0 spiro atoms. The first-order chi connectivity index (χ1) is 22.3. The average molecular weight is 800 g/mol. The van der Waals surface area contributed by atoms with Crippen LogP contribution in [0.4, 0.5) is 0 Å². The van der Waals surface area contributed by atoms with Gasteiger partial charge in [0.25, 0.3) is 0 Å². The van der Waals surface area contributed by atoms with Crippen molar-refractivity contribution in [2.75, 3.05) is 0 Å². The van der Waals surface area contributed by atoms with E-state index >= 15 is 0 Å². The molecule has 0 N–H and O–H groups in total. The zero-order valence-electron chi connectivity index (χ0n) is 28.8. The maximum absolute atomic E-state index is 5.51. The zero-order valence-corrected chi connectivity index (χ0v) is 34.4. The molecule has 2 fully saturated rings. The Morgan fingerprint density at radius 3 is 1.96 bits per heavy atom. The van der Waals surface area contributed by atoms with Crippen LogP contribution in [0.1, 0.15) is 83.3 Å². The van der Waals surface area contributed by atoms with E-state index in [1.807, 2.05) is 59.7 Å². The Hall–Kier alpha value is -1.34. The molecule has 0 heterocycles. The van der Waals surface area contributed by atoms with Crippen molar-refractivity contribution in [1.82, 2.24) is 0 Å². The Bertz CT molecular complexity index is 1410. The number of hydrogen-bond acceptors (Lipinski definition) is 0. The minimum absolute atomic E-state index is 0. The van der Waals surface area contributed by atoms with Gasteiger partial charge < -0.3 is 0 Å². The molecule has 0 radical (unpaired) electrons. The van der Waals surface area contributed by atoms with E-state index in [4.69, 9.17) is 23.2 Å². The minimum atomic E-state index is 0. The molecule has 5 heteroatoms. The van der Waals surface area contributed by atoms with Crippen LogP contribution in [0.15, 0.2) is 102 Å². The predicted molar refractivity (Wildman–Crippen MR) is 209 cm³/mol. The van der Waals surface area contributed by atoms with E-state index in [2.05, 4.69) is 80.5 Å². The van der Waals surface area contributed by atoms with Crippen molar-refractivity contribution in [2.45, 2.75) is 78.6 Å². The molecule has 3 aromatic rings. The van der Waals surface area contributed by atoms with Crippen LogP contribution in [0.3, 0.4) is 0 Å². The summed E-state index contributed by atoms with van der Waals surface area (Å²) in [6.07, 6.45) is 18.5. The van der Waals surface area contributed by atoms with Gasteiger partial charge in [-0.05, 0) is 30.6 Å². The van der Waals surface area contributed by atoms with E-state index in [0.717, 1.165) is 46.1 Å². The molecule has 0 amide bonds. The molecule has 2 saturated carbocycles. The monoisotopic (exact) mass is 796 g/mol. The van der Waals surface area contributed by atoms with Gasteiger partial charge in [0, 0.05) is 0 Å². The predicted octanol–water partition coefficient (Wildman–Crippen LogP) is 13.1. The second-order valence-electron chi connectivity index (χ2n) is 13.4. The molecule has 8 rings (SSSR count). The van der Waals surface area contributed by atoms with E-state index in [9.17, 15) is 0 Å². The number of allylic oxidation sites excluding steroid dienone is 6. The van der Waals surface area contributed by atoms with Crippen molar-refractivity contribution in [3.05, 3.63) is 147 Å². The molecule has 5 atom stereocenters. The van der Waals surface area contributed by atoms with Gasteiger partial charge >= 0.3 is 28.4 Å². The molecule has 258 valence electrons. The van der Waals surface area contributed by atoms with E-state index in [1.54, 1.807) is 29.2 Å². The first-order valence-corrected chi connectivity index (χ1v) is 19.2. The third-order valence-electron chi connectivity index (χ3n) is 10.8. The van der Waals surface area contributed by atoms with E-state index in [1.165, 1.54) is 62.8 Å². The molecule has 3 aromatic carbocycles. The molecular formula is C43H50Cl4Zr-4. The molecule has 0 bridgehead atoms. The molecule has 5 aliphatic carbocycles. The Morgan fingerprint density at radius 1 is 0.875 bits per heavy atom. The van der Waals surface area contributed by atoms with Gasteiger partial charge in [0.15, 0.2) is 0 Å². The summed E-state index contributed by atoms with van der Waals surface area (Å²) < 4.78 is 3.34. The Morgan fingerprint density at radius 2 is 1.48 bits per heavy atom. The van der Waals surface area contributed by atoms with Crippen LogP contribution in [0.2, 0.25) is 10.0 Å². The normalized spacial score (nSPS) is 24.6. The molecule has 5 aliphatic rings. The van der Waals surface area contributed by atoms with E-state index in [0.29, 0.717) is 5.41 Å². The summed E-state index contributed by atoms with van der Waals surface area (Å²) in [7, 11) is 0. The Balaban J connectivity index is 0.000000284. The standard InChI is InChI=1S/C25H33.2C6H4Cl.C5H5.CH2.2ClH.Zr/c1-15-13-21-19-11-7-8-12-20(19)24-18-10-6-5-9-17(18)14-22(24)23(21)16(2)25(15,3)4;2*7-6-4-2-1-3-5-6;1-2-4-5-3-1;;;;/h5-6,9-10,15,19-21,24H,7-8,11-14H2,1-4H3;2*1-2,4-5H;1-3H,4H2;1H2;2*1H;/q4*-1;;;;. The number of hydrogen-bond donors (Lipinski definition) is 0. The van der Waals surface area contributed by atoms with Crippen molar-refractivity contribution < 1.29 is 24.2 Å². The molecule has 48 heavy (non-hydrogen) atoms. The van der Waals surface area contributed by atoms with Gasteiger partial charge in [-0.3, -0.25) is 6.08 Å². The summed E-state index contributed by atoms with van der Waals surface area (Å²) in [6.45, 7) is 9.99. The van der Waals surface area contributed by atoms with E-state index in [-0.39, 0.29) is 24.8 Å². The Labute approximate surface area is 329 Å². The van der Waals surface area contributed by atoms with E-state index < -0.39 is 0 Å². The van der Waals surface area contributed by atoms with Gasteiger partial charge in [0.2, 0.25) is 0 Å². The van der Waals surface area contributed by atoms with Gasteiger partial charge in [-0.15, -0.1) is 38.2 Å². The summed E-state index contributed by atoms with van der Waals surface area (Å²) >= 11 is 12.3. The van der Waals surface area contributed by atoms with Crippen LogP contribution in [0.5, 0.6) is 0 Å². The molecule has 0 saturated heterocycles. The second-order valence-corrected chi connectivity index (χ2v) is 14.3. The molecular weight excluding hydrogens is 750 g/mol. The SMILES string of the molecule is C[C-]1C2=C3Cc4ccccc4C3C3CCCCC3C2CC(C)C1(C)C.Cl.Cl.Clc1c[c-]ccc1.Clc1c[c-]ccc1.[C-]1=CC=CC1.[CH2]=[Zr]. The van der Waals surface area contributed by atoms with Crippen molar-refractivity contribution in [1.29, 1.82) is 0 Å². The van der Waals surface area contributed by atoms with Crippen LogP contribution >= 0.6 is 48.0 Å². The van der Waals surface area contributed by atoms with Crippen molar-refractivity contribution in [3.8, 4) is 0 Å². The van der Waals surface area contributed by atoms with Crippen LogP contribution in [0.25, 0.3) is 0 Å². The summed E-state index contributed by atoms with van der Waals surface area (Å²) in [5.74, 6) is 6.00. The van der Waals surface area contributed by atoms with Crippen molar-refractivity contribution >= 4 is 52.2 Å². The van der Waals surface area contributed by atoms with Gasteiger partial charge in [-0.1, -0.05) is 109 Å². The van der Waals surface area contributed by atoms with Crippen molar-refractivity contribution in [2.24, 2.45) is 29.1 Å². The van der Waals surface area contributed by atoms with Crippen molar-refractivity contribution in [3.63, 3.8) is 0 Å². The number of halogens is 4. The zero-order chi connectivity index (χ0) is 33.1. The number of benzene rings is 3. The summed E-state index contributed by atoms with van der Waals surface area (Å²) in [6, 6.07) is 29.4. The Kier molecular flexibility index (Phi) is 18.9. The van der Waals surface area contributed by atoms with Crippen LogP contribution in [0, 0.1) is 53.2 Å². The summed E-state index contributed by atoms with van der Waals surface area (Å²) in [4.78, 5) is 0. The average Bonchev–Trinajstić information content (AvgIpc) is 3.79. The third-order valence-corrected chi connectivity index (χ3v) is 11.3. The second kappa shape index (κ2) is 21.1. The van der Waals surface area contributed by atoms with Gasteiger partial charge in [-0.2, -0.15) is 89.9 Å². The third kappa shape index (κ3) is 10.6. The number of rotatable bonds is 0. The molecule has 0 nitrogen and oxygen atoms in total. The summed E-state index contributed by atoms with van der Waals surface area (Å²) in [5.41, 5.74) is 7.35. The maximum atomic E-state index is 5.51. The fourth-order valence-corrected chi connectivity index (χ4v) is 8.37. The van der Waals surface area contributed by atoms with Crippen LogP contribution in [-0.2, 0) is 30.7 Å². The van der Waals surface area contributed by atoms with Gasteiger partial charge in [-0.25, -0.2) is 29.2 Å². The molecule has 5 unspecified atom stereocenters. The summed E-state index contributed by atoms with van der Waals surface area (Å²) in [5, 5.41) is 1.48. The fourth-order valence-electron chi connectivity index (χ4n) is 8.09. The van der Waals surface area contributed by atoms with Gasteiger partial charge in [0.1, 0.15) is 0 Å². The van der Waals surface area contributed by atoms with Crippen LogP contribution < -0.4 is 0 Å². The quantitative estimate of drug-likeness (QED) is 0.199. The van der Waals surface area contributed by atoms with Gasteiger partial charge in [0.05, 0.1) is 0 Å². The topological polar surface area (TPSA) is 0 Å². The molecule has 0 aliphatic heterocycles. The first-order valence-electron chi connectivity index (χ1n) is 16.7. The van der Waals surface area contributed by atoms with Crippen LogP contribution in [-0.4, -0.2) is 4.21 Å². The number of fused-ring (bicyclic) bond motifs is 7. The first kappa shape index (κ1) is 42.8.